The molecule has 1 rings (SSSR count). The zero-order chi connectivity index (χ0) is 12.9. The Bertz CT molecular complexity index is 389. The first-order chi connectivity index (χ1) is 8.01. The summed E-state index contributed by atoms with van der Waals surface area (Å²) in [6.45, 7) is 3.53. The number of carboxylic acid groups (broad SMARTS) is 1. The number of aryl methyl sites for hydroxylation is 1. The highest BCUT2D eigenvalue weighted by Gasteiger charge is 2.35. The molecule has 1 unspecified atom stereocenters. The zero-order valence-corrected chi connectivity index (χ0v) is 10.4. The van der Waals surface area contributed by atoms with E-state index in [1.807, 2.05) is 25.1 Å². The van der Waals surface area contributed by atoms with E-state index >= 15 is 0 Å². The Kier molecular flexibility index (Phi) is 4.52. The summed E-state index contributed by atoms with van der Waals surface area (Å²) in [5.41, 5.74) is -0.256. The van der Waals surface area contributed by atoms with Crippen LogP contribution in [0.2, 0.25) is 0 Å². The summed E-state index contributed by atoms with van der Waals surface area (Å²) in [6, 6.07) is 7.41. The number of methoxy groups -OCH3 is 1. The predicted octanol–water partition coefficient (Wildman–Crippen LogP) is 2.12. The van der Waals surface area contributed by atoms with Gasteiger partial charge in [0.2, 0.25) is 5.60 Å². The maximum Gasteiger partial charge on any atom is 0.350 e. The number of rotatable bonds is 6. The quantitative estimate of drug-likeness (QED) is 0.824. The van der Waals surface area contributed by atoms with Crippen LogP contribution in [-0.4, -0.2) is 30.4 Å². The summed E-state index contributed by atoms with van der Waals surface area (Å²) in [5, 5.41) is 9.15. The van der Waals surface area contributed by atoms with Crippen molar-refractivity contribution < 1.29 is 19.4 Å². The standard InChI is InChI=1S/C13H18O4/c1-4-10-6-5-7-11(8-10)17-13(2,9-16-3)12(14)15/h5-8H,4,9H2,1-3H3,(H,14,15). The Morgan fingerprint density at radius 2 is 2.18 bits per heavy atom. The first-order valence-corrected chi connectivity index (χ1v) is 5.52. The van der Waals surface area contributed by atoms with E-state index in [0.717, 1.165) is 12.0 Å². The molecule has 1 atom stereocenters. The molecule has 0 amide bonds. The fraction of sp³-hybridized carbons (Fsp3) is 0.462. The van der Waals surface area contributed by atoms with E-state index in [-0.39, 0.29) is 6.61 Å². The smallest absolute Gasteiger partial charge is 0.350 e. The molecule has 17 heavy (non-hydrogen) atoms. The van der Waals surface area contributed by atoms with Crippen molar-refractivity contribution in [1.82, 2.24) is 0 Å². The highest BCUT2D eigenvalue weighted by molar-refractivity contribution is 5.77. The molecule has 0 saturated heterocycles. The molecule has 0 spiro atoms. The molecule has 94 valence electrons. The van der Waals surface area contributed by atoms with Crippen LogP contribution in [0.1, 0.15) is 19.4 Å². The number of aliphatic carboxylic acids is 1. The summed E-state index contributed by atoms with van der Waals surface area (Å²) >= 11 is 0. The number of hydrogen-bond acceptors (Lipinski definition) is 3. The van der Waals surface area contributed by atoms with Crippen LogP contribution < -0.4 is 4.74 Å². The second-order valence-electron chi connectivity index (χ2n) is 4.07. The van der Waals surface area contributed by atoms with Gasteiger partial charge in [0, 0.05) is 7.11 Å². The molecule has 0 aliphatic carbocycles. The minimum absolute atomic E-state index is 0.00130. The summed E-state index contributed by atoms with van der Waals surface area (Å²) in [4.78, 5) is 11.2. The topological polar surface area (TPSA) is 55.8 Å². The van der Waals surface area contributed by atoms with Crippen molar-refractivity contribution in [1.29, 1.82) is 0 Å². The minimum Gasteiger partial charge on any atom is -0.478 e. The first kappa shape index (κ1) is 13.5. The van der Waals surface area contributed by atoms with Crippen LogP contribution >= 0.6 is 0 Å². The van der Waals surface area contributed by atoms with Gasteiger partial charge >= 0.3 is 5.97 Å². The second-order valence-corrected chi connectivity index (χ2v) is 4.07. The van der Waals surface area contributed by atoms with Gasteiger partial charge < -0.3 is 14.6 Å². The highest BCUT2D eigenvalue weighted by Crippen LogP contribution is 2.21. The van der Waals surface area contributed by atoms with E-state index in [4.69, 9.17) is 14.6 Å². The largest absolute Gasteiger partial charge is 0.478 e. The van der Waals surface area contributed by atoms with Gasteiger partial charge in [-0.3, -0.25) is 0 Å². The molecule has 0 bridgehead atoms. The Morgan fingerprint density at radius 3 is 2.71 bits per heavy atom. The summed E-state index contributed by atoms with van der Waals surface area (Å²) in [6.07, 6.45) is 0.880. The number of hydrogen-bond donors (Lipinski definition) is 1. The predicted molar refractivity (Wildman–Crippen MR) is 64.4 cm³/mol. The molecule has 0 aromatic heterocycles. The molecule has 1 aromatic rings. The number of carbonyl (C=O) groups is 1. The van der Waals surface area contributed by atoms with Gasteiger partial charge in [-0.15, -0.1) is 0 Å². The summed E-state index contributed by atoms with van der Waals surface area (Å²) in [7, 11) is 1.45. The van der Waals surface area contributed by atoms with Gasteiger partial charge in [-0.1, -0.05) is 19.1 Å². The van der Waals surface area contributed by atoms with Crippen LogP contribution in [0, 0.1) is 0 Å². The van der Waals surface area contributed by atoms with E-state index in [9.17, 15) is 4.79 Å². The van der Waals surface area contributed by atoms with Crippen LogP contribution in [0.3, 0.4) is 0 Å². The number of carboxylic acids is 1. The van der Waals surface area contributed by atoms with E-state index < -0.39 is 11.6 Å². The first-order valence-electron chi connectivity index (χ1n) is 5.52. The van der Waals surface area contributed by atoms with E-state index in [1.165, 1.54) is 14.0 Å². The molecular weight excluding hydrogens is 220 g/mol. The lowest BCUT2D eigenvalue weighted by atomic mass is 10.1. The molecule has 0 aliphatic rings. The monoisotopic (exact) mass is 238 g/mol. The fourth-order valence-electron chi connectivity index (χ4n) is 1.50. The van der Waals surface area contributed by atoms with E-state index in [1.54, 1.807) is 6.07 Å². The molecule has 4 heteroatoms. The van der Waals surface area contributed by atoms with E-state index in [0.29, 0.717) is 5.75 Å². The molecule has 0 aliphatic heterocycles. The summed E-state index contributed by atoms with van der Waals surface area (Å²) < 4.78 is 10.4. The van der Waals surface area contributed by atoms with Crippen molar-refractivity contribution in [2.45, 2.75) is 25.9 Å². The van der Waals surface area contributed by atoms with Crippen LogP contribution in [0.15, 0.2) is 24.3 Å². The molecular formula is C13H18O4. The lowest BCUT2D eigenvalue weighted by molar-refractivity contribution is -0.158. The lowest BCUT2D eigenvalue weighted by Crippen LogP contribution is -2.45. The number of ether oxygens (including phenoxy) is 2. The van der Waals surface area contributed by atoms with Gasteiger partial charge in [0.15, 0.2) is 0 Å². The Hall–Kier alpha value is -1.55. The van der Waals surface area contributed by atoms with Crippen LogP contribution in [-0.2, 0) is 16.0 Å². The fourth-order valence-corrected chi connectivity index (χ4v) is 1.50. The Balaban J connectivity index is 2.89. The van der Waals surface area contributed by atoms with Gasteiger partial charge in [-0.05, 0) is 31.0 Å². The molecule has 0 radical (unpaired) electrons. The maximum absolute atomic E-state index is 11.2. The lowest BCUT2D eigenvalue weighted by Gasteiger charge is -2.25. The number of benzene rings is 1. The van der Waals surface area contributed by atoms with Crippen molar-refractivity contribution in [3.8, 4) is 5.75 Å². The molecule has 4 nitrogen and oxygen atoms in total. The maximum atomic E-state index is 11.2. The average Bonchev–Trinajstić information content (AvgIpc) is 2.29. The van der Waals surface area contributed by atoms with Crippen molar-refractivity contribution in [3.63, 3.8) is 0 Å². The highest BCUT2D eigenvalue weighted by atomic mass is 16.6. The van der Waals surface area contributed by atoms with Gasteiger partial charge in [0.1, 0.15) is 5.75 Å². The molecule has 1 aromatic carbocycles. The Labute approximate surface area is 101 Å². The van der Waals surface area contributed by atoms with Crippen molar-refractivity contribution in [2.75, 3.05) is 13.7 Å². The zero-order valence-electron chi connectivity index (χ0n) is 10.4. The van der Waals surface area contributed by atoms with Crippen molar-refractivity contribution in [2.24, 2.45) is 0 Å². The third kappa shape index (κ3) is 3.46. The van der Waals surface area contributed by atoms with Gasteiger partial charge in [0.05, 0.1) is 6.61 Å². The SMILES string of the molecule is CCc1cccc(OC(C)(COC)C(=O)O)c1. The Morgan fingerprint density at radius 1 is 1.47 bits per heavy atom. The minimum atomic E-state index is -1.36. The normalized spacial score (nSPS) is 14.1. The third-order valence-corrected chi connectivity index (χ3v) is 2.52. The van der Waals surface area contributed by atoms with Crippen molar-refractivity contribution in [3.05, 3.63) is 29.8 Å². The summed E-state index contributed by atoms with van der Waals surface area (Å²) in [5.74, 6) is -0.493. The molecule has 0 saturated carbocycles. The van der Waals surface area contributed by atoms with Crippen LogP contribution in [0.4, 0.5) is 0 Å². The van der Waals surface area contributed by atoms with Gasteiger partial charge in [-0.25, -0.2) is 4.79 Å². The van der Waals surface area contributed by atoms with Gasteiger partial charge in [-0.2, -0.15) is 0 Å². The van der Waals surface area contributed by atoms with E-state index in [2.05, 4.69) is 0 Å². The molecule has 1 N–H and O–H groups in total. The molecule has 0 fully saturated rings. The average molecular weight is 238 g/mol. The van der Waals surface area contributed by atoms with Crippen LogP contribution in [0.25, 0.3) is 0 Å². The van der Waals surface area contributed by atoms with Gasteiger partial charge in [0.25, 0.3) is 0 Å². The molecule has 0 heterocycles. The van der Waals surface area contributed by atoms with Crippen molar-refractivity contribution >= 4 is 5.97 Å². The third-order valence-electron chi connectivity index (χ3n) is 2.52. The van der Waals surface area contributed by atoms with Crippen LogP contribution in [0.5, 0.6) is 5.75 Å². The second kappa shape index (κ2) is 5.68.